The standard InChI is InChI=1S/C15H15BrOS/c1-11-7-9-13(10-8-11)18(17)15-6-4-3-5-14(15)12(2)16/h3-10,12H,1-2H3/t12-,18-/m0/s1. The van der Waals surface area contributed by atoms with Gasteiger partial charge in [0.25, 0.3) is 0 Å². The van der Waals surface area contributed by atoms with Crippen molar-refractivity contribution in [1.82, 2.24) is 0 Å². The predicted molar refractivity (Wildman–Crippen MR) is 79.6 cm³/mol. The third kappa shape index (κ3) is 2.90. The van der Waals surface area contributed by atoms with Gasteiger partial charge < -0.3 is 0 Å². The van der Waals surface area contributed by atoms with Crippen molar-refractivity contribution in [3.05, 3.63) is 59.7 Å². The van der Waals surface area contributed by atoms with E-state index in [2.05, 4.69) is 15.9 Å². The first-order valence-electron chi connectivity index (χ1n) is 5.81. The summed E-state index contributed by atoms with van der Waals surface area (Å²) in [6, 6.07) is 15.7. The molecule has 0 heterocycles. The van der Waals surface area contributed by atoms with E-state index in [9.17, 15) is 4.21 Å². The molecule has 0 aliphatic carbocycles. The molecular weight excluding hydrogens is 308 g/mol. The fraction of sp³-hybridized carbons (Fsp3) is 0.200. The average Bonchev–Trinajstić information content (AvgIpc) is 2.39. The predicted octanol–water partition coefficient (Wildman–Crippen LogP) is 4.62. The molecule has 0 bridgehead atoms. The Bertz CT molecular complexity index is 561. The van der Waals surface area contributed by atoms with Crippen LogP contribution in [0.3, 0.4) is 0 Å². The Hall–Kier alpha value is -0.930. The smallest absolute Gasteiger partial charge is 0.0852 e. The molecule has 2 atom stereocenters. The van der Waals surface area contributed by atoms with Gasteiger partial charge in [0.2, 0.25) is 0 Å². The monoisotopic (exact) mass is 322 g/mol. The van der Waals surface area contributed by atoms with E-state index >= 15 is 0 Å². The molecule has 0 radical (unpaired) electrons. The second-order valence-electron chi connectivity index (χ2n) is 4.24. The van der Waals surface area contributed by atoms with Crippen LogP contribution in [0.15, 0.2) is 58.3 Å². The lowest BCUT2D eigenvalue weighted by Crippen LogP contribution is -1.98. The zero-order valence-electron chi connectivity index (χ0n) is 10.4. The highest BCUT2D eigenvalue weighted by molar-refractivity contribution is 9.09. The molecule has 0 N–H and O–H groups in total. The number of hydrogen-bond acceptors (Lipinski definition) is 1. The van der Waals surface area contributed by atoms with E-state index in [1.165, 1.54) is 5.56 Å². The van der Waals surface area contributed by atoms with Crippen molar-refractivity contribution in [2.24, 2.45) is 0 Å². The summed E-state index contributed by atoms with van der Waals surface area (Å²) < 4.78 is 12.6. The lowest BCUT2D eigenvalue weighted by atomic mass is 10.2. The number of aryl methyl sites for hydroxylation is 1. The third-order valence-electron chi connectivity index (χ3n) is 2.78. The zero-order valence-corrected chi connectivity index (χ0v) is 12.8. The molecule has 2 aromatic rings. The number of hydrogen-bond donors (Lipinski definition) is 0. The highest BCUT2D eigenvalue weighted by atomic mass is 79.9. The van der Waals surface area contributed by atoms with E-state index < -0.39 is 10.8 Å². The van der Waals surface area contributed by atoms with Crippen molar-refractivity contribution in [3.63, 3.8) is 0 Å². The Kier molecular flexibility index (Phi) is 4.36. The van der Waals surface area contributed by atoms with Gasteiger partial charge in [0.05, 0.1) is 10.8 Å². The third-order valence-corrected chi connectivity index (χ3v) is 4.75. The summed E-state index contributed by atoms with van der Waals surface area (Å²) in [4.78, 5) is 1.93. The molecule has 0 amide bonds. The molecule has 1 nitrogen and oxygen atoms in total. The molecule has 0 aromatic heterocycles. The number of rotatable bonds is 3. The Labute approximate surface area is 119 Å². The van der Waals surface area contributed by atoms with Gasteiger partial charge in [-0.1, -0.05) is 51.8 Å². The Morgan fingerprint density at radius 3 is 2.28 bits per heavy atom. The Morgan fingerprint density at radius 2 is 1.67 bits per heavy atom. The summed E-state index contributed by atoms with van der Waals surface area (Å²) in [5.41, 5.74) is 2.26. The van der Waals surface area contributed by atoms with Crippen LogP contribution in [0.5, 0.6) is 0 Å². The van der Waals surface area contributed by atoms with Crippen molar-refractivity contribution in [1.29, 1.82) is 0 Å². The van der Waals surface area contributed by atoms with E-state index in [-0.39, 0.29) is 4.83 Å². The molecule has 0 saturated carbocycles. The number of halogens is 1. The number of alkyl halides is 1. The highest BCUT2D eigenvalue weighted by Crippen LogP contribution is 2.29. The summed E-state index contributed by atoms with van der Waals surface area (Å²) in [5, 5.41) is 0. The van der Waals surface area contributed by atoms with Crippen LogP contribution in [-0.4, -0.2) is 4.21 Å². The van der Waals surface area contributed by atoms with E-state index in [1.807, 2.05) is 62.4 Å². The van der Waals surface area contributed by atoms with Crippen LogP contribution in [0.25, 0.3) is 0 Å². The maximum Gasteiger partial charge on any atom is 0.0852 e. The van der Waals surface area contributed by atoms with Crippen LogP contribution >= 0.6 is 15.9 Å². The Balaban J connectivity index is 2.43. The van der Waals surface area contributed by atoms with Crippen LogP contribution in [-0.2, 0) is 10.8 Å². The lowest BCUT2D eigenvalue weighted by molar-refractivity contribution is 0.682. The van der Waals surface area contributed by atoms with Gasteiger partial charge in [-0.3, -0.25) is 0 Å². The second-order valence-corrected chi connectivity index (χ2v) is 7.06. The van der Waals surface area contributed by atoms with E-state index in [0.29, 0.717) is 0 Å². The van der Waals surface area contributed by atoms with Crippen LogP contribution < -0.4 is 0 Å². The maximum absolute atomic E-state index is 12.6. The van der Waals surface area contributed by atoms with Gasteiger partial charge in [0.15, 0.2) is 0 Å². The molecule has 0 aliphatic rings. The molecule has 2 aromatic carbocycles. The normalized spacial score (nSPS) is 14.2. The molecule has 0 saturated heterocycles. The molecule has 0 unspecified atom stereocenters. The molecule has 0 aliphatic heterocycles. The van der Waals surface area contributed by atoms with E-state index in [4.69, 9.17) is 0 Å². The van der Waals surface area contributed by atoms with Crippen molar-refractivity contribution in [2.75, 3.05) is 0 Å². The minimum absolute atomic E-state index is 0.197. The van der Waals surface area contributed by atoms with Gasteiger partial charge in [0, 0.05) is 14.6 Å². The minimum atomic E-state index is -1.12. The first kappa shape index (κ1) is 13.5. The summed E-state index contributed by atoms with van der Waals surface area (Å²) in [5.74, 6) is 0. The van der Waals surface area contributed by atoms with Crippen molar-refractivity contribution >= 4 is 26.7 Å². The summed E-state index contributed by atoms with van der Waals surface area (Å²) in [6.07, 6.45) is 0. The van der Waals surface area contributed by atoms with Crippen molar-refractivity contribution in [3.8, 4) is 0 Å². The summed E-state index contributed by atoms with van der Waals surface area (Å²) in [6.45, 7) is 4.08. The van der Waals surface area contributed by atoms with Crippen molar-refractivity contribution in [2.45, 2.75) is 28.5 Å². The molecule has 94 valence electrons. The lowest BCUT2D eigenvalue weighted by Gasteiger charge is -2.11. The van der Waals surface area contributed by atoms with Crippen LogP contribution in [0, 0.1) is 6.92 Å². The summed E-state index contributed by atoms with van der Waals surface area (Å²) >= 11 is 3.55. The van der Waals surface area contributed by atoms with Gasteiger partial charge in [-0.15, -0.1) is 0 Å². The zero-order chi connectivity index (χ0) is 13.1. The minimum Gasteiger partial charge on any atom is -0.249 e. The van der Waals surface area contributed by atoms with Crippen molar-refractivity contribution < 1.29 is 4.21 Å². The molecule has 2 rings (SSSR count). The van der Waals surface area contributed by atoms with E-state index in [0.717, 1.165) is 15.4 Å². The largest absolute Gasteiger partial charge is 0.249 e. The molecule has 0 fully saturated rings. The molecule has 18 heavy (non-hydrogen) atoms. The van der Waals surface area contributed by atoms with Crippen LogP contribution in [0.2, 0.25) is 0 Å². The fourth-order valence-corrected chi connectivity index (χ4v) is 3.62. The maximum atomic E-state index is 12.6. The van der Waals surface area contributed by atoms with Gasteiger partial charge in [0.1, 0.15) is 0 Å². The fourth-order valence-electron chi connectivity index (χ4n) is 1.77. The molecule has 0 spiro atoms. The second kappa shape index (κ2) is 5.81. The molecule has 3 heteroatoms. The van der Waals surface area contributed by atoms with Crippen LogP contribution in [0.1, 0.15) is 22.9 Å². The molecular formula is C15H15BrOS. The van der Waals surface area contributed by atoms with Gasteiger partial charge in [-0.05, 0) is 37.6 Å². The highest BCUT2D eigenvalue weighted by Gasteiger charge is 2.14. The average molecular weight is 323 g/mol. The van der Waals surface area contributed by atoms with Gasteiger partial charge >= 0.3 is 0 Å². The summed E-state index contributed by atoms with van der Waals surface area (Å²) in [7, 11) is -1.12. The van der Waals surface area contributed by atoms with Crippen LogP contribution in [0.4, 0.5) is 0 Å². The van der Waals surface area contributed by atoms with Gasteiger partial charge in [-0.25, -0.2) is 4.21 Å². The quantitative estimate of drug-likeness (QED) is 0.754. The first-order valence-corrected chi connectivity index (χ1v) is 7.87. The topological polar surface area (TPSA) is 17.1 Å². The SMILES string of the molecule is Cc1ccc([S@](=O)c2ccccc2[C@H](C)Br)cc1. The first-order chi connectivity index (χ1) is 8.59. The number of benzene rings is 2. The van der Waals surface area contributed by atoms with E-state index in [1.54, 1.807) is 0 Å². The van der Waals surface area contributed by atoms with Gasteiger partial charge in [-0.2, -0.15) is 0 Å². The Morgan fingerprint density at radius 1 is 1.06 bits per heavy atom.